The zero-order valence-electron chi connectivity index (χ0n) is 8.77. The number of carboxylic acids is 1. The summed E-state index contributed by atoms with van der Waals surface area (Å²) in [5.41, 5.74) is 0. The van der Waals surface area contributed by atoms with Gasteiger partial charge in [0, 0.05) is 12.2 Å². The Hall–Kier alpha value is -1.36. The van der Waals surface area contributed by atoms with E-state index in [0.29, 0.717) is 12.7 Å². The van der Waals surface area contributed by atoms with Crippen molar-refractivity contribution in [2.24, 2.45) is 0 Å². The molecule has 0 aromatic carbocycles. The van der Waals surface area contributed by atoms with Gasteiger partial charge >= 0.3 is 11.9 Å². The van der Waals surface area contributed by atoms with Gasteiger partial charge in [0.2, 0.25) is 0 Å². The highest BCUT2D eigenvalue weighted by molar-refractivity contribution is 5.90. The molecule has 0 aliphatic heterocycles. The molecule has 0 bridgehead atoms. The number of carboxylic acid groups (broad SMARTS) is 1. The van der Waals surface area contributed by atoms with Crippen molar-refractivity contribution in [2.75, 3.05) is 6.61 Å². The molecule has 0 heterocycles. The van der Waals surface area contributed by atoms with Gasteiger partial charge in [-0.05, 0) is 6.42 Å². The average molecular weight is 216 g/mol. The molecule has 0 saturated heterocycles. The Labute approximate surface area is 88.6 Å². The minimum Gasteiger partial charge on any atom is -0.478 e. The fourth-order valence-corrected chi connectivity index (χ4v) is 0.855. The molecule has 0 spiro atoms. The molecule has 0 amide bonds. The van der Waals surface area contributed by atoms with Crippen molar-refractivity contribution in [3.05, 3.63) is 12.2 Å². The Morgan fingerprint density at radius 2 is 1.93 bits per heavy atom. The first-order valence-electron chi connectivity index (χ1n) is 4.91. The van der Waals surface area contributed by atoms with E-state index in [2.05, 4.69) is 16.7 Å². The van der Waals surface area contributed by atoms with Gasteiger partial charge in [-0.25, -0.2) is 9.59 Å². The highest BCUT2D eigenvalue weighted by atomic mass is 17.2. The van der Waals surface area contributed by atoms with E-state index in [9.17, 15) is 9.59 Å². The topological polar surface area (TPSA) is 72.8 Å². The van der Waals surface area contributed by atoms with Gasteiger partial charge in [0.15, 0.2) is 0 Å². The summed E-state index contributed by atoms with van der Waals surface area (Å²) in [5.74, 6) is -2.01. The second-order valence-corrected chi connectivity index (χ2v) is 2.96. The highest BCUT2D eigenvalue weighted by Crippen LogP contribution is 1.99. The summed E-state index contributed by atoms with van der Waals surface area (Å²) in [4.78, 5) is 29.6. The summed E-state index contributed by atoms with van der Waals surface area (Å²) in [6.07, 6.45) is 5.59. The predicted octanol–water partition coefficient (Wildman–Crippen LogP) is 1.68. The van der Waals surface area contributed by atoms with Crippen LogP contribution in [-0.2, 0) is 19.4 Å². The number of unbranched alkanes of at least 4 members (excludes halogenated alkanes) is 3. The lowest BCUT2D eigenvalue weighted by Gasteiger charge is -2.00. The Kier molecular flexibility index (Phi) is 8.37. The molecule has 15 heavy (non-hydrogen) atoms. The van der Waals surface area contributed by atoms with Crippen molar-refractivity contribution in [1.29, 1.82) is 0 Å². The van der Waals surface area contributed by atoms with E-state index in [1.54, 1.807) is 0 Å². The zero-order valence-corrected chi connectivity index (χ0v) is 8.77. The SMILES string of the molecule is CCCCCCOOC(=O)/C=C\C(=O)O. The third-order valence-corrected chi connectivity index (χ3v) is 1.58. The largest absolute Gasteiger partial charge is 0.478 e. The molecular weight excluding hydrogens is 200 g/mol. The fourth-order valence-electron chi connectivity index (χ4n) is 0.855. The van der Waals surface area contributed by atoms with Gasteiger partial charge in [-0.3, -0.25) is 4.89 Å². The van der Waals surface area contributed by atoms with Crippen LogP contribution in [0.1, 0.15) is 32.6 Å². The first-order chi connectivity index (χ1) is 7.16. The first kappa shape index (κ1) is 13.6. The maximum absolute atomic E-state index is 10.7. The molecule has 5 heteroatoms. The van der Waals surface area contributed by atoms with Crippen molar-refractivity contribution in [2.45, 2.75) is 32.6 Å². The van der Waals surface area contributed by atoms with Crippen molar-refractivity contribution >= 4 is 11.9 Å². The summed E-state index contributed by atoms with van der Waals surface area (Å²) in [6, 6.07) is 0. The van der Waals surface area contributed by atoms with Crippen LogP contribution in [0.25, 0.3) is 0 Å². The predicted molar refractivity (Wildman–Crippen MR) is 53.0 cm³/mol. The second kappa shape index (κ2) is 9.21. The van der Waals surface area contributed by atoms with Crippen LogP contribution in [0.2, 0.25) is 0 Å². The van der Waals surface area contributed by atoms with Crippen LogP contribution < -0.4 is 0 Å². The summed E-state index contributed by atoms with van der Waals surface area (Å²) in [6.45, 7) is 2.43. The number of hydrogen-bond donors (Lipinski definition) is 1. The second-order valence-electron chi connectivity index (χ2n) is 2.96. The van der Waals surface area contributed by atoms with Gasteiger partial charge in [-0.15, -0.1) is 0 Å². The van der Waals surface area contributed by atoms with Crippen LogP contribution in [-0.4, -0.2) is 23.7 Å². The van der Waals surface area contributed by atoms with E-state index in [1.165, 1.54) is 0 Å². The molecule has 0 atom stereocenters. The molecule has 1 N–H and O–H groups in total. The molecule has 0 radical (unpaired) electrons. The highest BCUT2D eigenvalue weighted by Gasteiger charge is 1.99. The lowest BCUT2D eigenvalue weighted by molar-refractivity contribution is -0.267. The van der Waals surface area contributed by atoms with E-state index < -0.39 is 11.9 Å². The van der Waals surface area contributed by atoms with Gasteiger partial charge in [-0.2, -0.15) is 4.89 Å². The summed E-state index contributed by atoms with van der Waals surface area (Å²) in [5, 5.41) is 8.20. The molecule has 5 nitrogen and oxygen atoms in total. The molecule has 86 valence electrons. The van der Waals surface area contributed by atoms with E-state index in [4.69, 9.17) is 5.11 Å². The third kappa shape index (κ3) is 10.6. The number of rotatable bonds is 8. The van der Waals surface area contributed by atoms with Crippen LogP contribution in [0.5, 0.6) is 0 Å². The molecular formula is C10H16O5. The van der Waals surface area contributed by atoms with Gasteiger partial charge in [-0.1, -0.05) is 26.2 Å². The summed E-state index contributed by atoms with van der Waals surface area (Å²) in [7, 11) is 0. The average Bonchev–Trinajstić information content (AvgIpc) is 2.20. The van der Waals surface area contributed by atoms with Crippen molar-refractivity contribution in [3.8, 4) is 0 Å². The van der Waals surface area contributed by atoms with Gasteiger partial charge in [0.05, 0.1) is 6.61 Å². The molecule has 0 aliphatic rings. The van der Waals surface area contributed by atoms with Crippen molar-refractivity contribution < 1.29 is 24.5 Å². The van der Waals surface area contributed by atoms with Crippen LogP contribution in [0, 0.1) is 0 Å². The normalized spacial score (nSPS) is 10.5. The monoisotopic (exact) mass is 216 g/mol. The van der Waals surface area contributed by atoms with E-state index >= 15 is 0 Å². The third-order valence-electron chi connectivity index (χ3n) is 1.58. The van der Waals surface area contributed by atoms with Crippen LogP contribution in [0.15, 0.2) is 12.2 Å². The van der Waals surface area contributed by atoms with Gasteiger partial charge < -0.3 is 5.11 Å². The molecule has 0 saturated carbocycles. The number of aliphatic carboxylic acids is 1. The Bertz CT molecular complexity index is 222. The molecule has 0 rings (SSSR count). The van der Waals surface area contributed by atoms with Gasteiger partial charge in [0.1, 0.15) is 0 Å². The molecule has 0 fully saturated rings. The molecule has 0 aromatic rings. The summed E-state index contributed by atoms with van der Waals surface area (Å²) < 4.78 is 0. The number of carbonyl (C=O) groups excluding carboxylic acids is 1. The van der Waals surface area contributed by atoms with E-state index in [1.807, 2.05) is 0 Å². The lowest BCUT2D eigenvalue weighted by Crippen LogP contribution is -2.04. The lowest BCUT2D eigenvalue weighted by atomic mass is 10.2. The molecule has 0 aromatic heterocycles. The van der Waals surface area contributed by atoms with Crippen LogP contribution in [0.3, 0.4) is 0 Å². The smallest absolute Gasteiger partial charge is 0.366 e. The fraction of sp³-hybridized carbons (Fsp3) is 0.600. The molecule has 0 unspecified atom stereocenters. The van der Waals surface area contributed by atoms with E-state index in [-0.39, 0.29) is 0 Å². The Morgan fingerprint density at radius 3 is 2.53 bits per heavy atom. The van der Waals surface area contributed by atoms with Crippen LogP contribution >= 0.6 is 0 Å². The van der Waals surface area contributed by atoms with Crippen molar-refractivity contribution in [3.63, 3.8) is 0 Å². The minimum atomic E-state index is -1.20. The van der Waals surface area contributed by atoms with E-state index in [0.717, 1.165) is 31.8 Å². The zero-order chi connectivity index (χ0) is 11.5. The molecule has 0 aliphatic carbocycles. The summed E-state index contributed by atoms with van der Waals surface area (Å²) >= 11 is 0. The Balaban J connectivity index is 3.35. The number of carbonyl (C=O) groups is 2. The minimum absolute atomic E-state index is 0.340. The van der Waals surface area contributed by atoms with Crippen LogP contribution in [0.4, 0.5) is 0 Å². The standard InChI is InChI=1S/C10H16O5/c1-2-3-4-5-8-14-15-10(13)7-6-9(11)12/h6-7H,2-5,8H2,1H3,(H,11,12)/b7-6-. The maximum atomic E-state index is 10.7. The first-order valence-corrected chi connectivity index (χ1v) is 4.91. The van der Waals surface area contributed by atoms with Crippen molar-refractivity contribution in [1.82, 2.24) is 0 Å². The van der Waals surface area contributed by atoms with Gasteiger partial charge in [0.25, 0.3) is 0 Å². The number of hydrogen-bond acceptors (Lipinski definition) is 4. The maximum Gasteiger partial charge on any atom is 0.366 e. The quantitative estimate of drug-likeness (QED) is 0.289. The Morgan fingerprint density at radius 1 is 1.20 bits per heavy atom.